The fraction of sp³-hybridized carbons (Fsp3) is 0.200. The minimum absolute atomic E-state index is 0.0479. The lowest BCUT2D eigenvalue weighted by molar-refractivity contribution is 0.0929. The number of nitrogens with one attached hydrogen (secondary N) is 1. The smallest absolute Gasteiger partial charge is 0.307 e. The van der Waals surface area contributed by atoms with Gasteiger partial charge in [0, 0.05) is 5.39 Å². The molecule has 0 saturated heterocycles. The van der Waals surface area contributed by atoms with Gasteiger partial charge in [0.05, 0.1) is 19.4 Å². The Morgan fingerprint density at radius 1 is 1.15 bits per heavy atom. The number of amides is 1. The van der Waals surface area contributed by atoms with Crippen LogP contribution in [0.15, 0.2) is 52.0 Å². The summed E-state index contributed by atoms with van der Waals surface area (Å²) in [5, 5.41) is 14.4. The Morgan fingerprint density at radius 2 is 1.96 bits per heavy atom. The Balaban J connectivity index is 1.69. The Kier molecular flexibility index (Phi) is 5.61. The number of benzene rings is 2. The third kappa shape index (κ3) is 4.38. The topological polar surface area (TPSA) is 93.3 Å². The number of fused-ring (bicyclic) bond motifs is 1. The van der Waals surface area contributed by atoms with Gasteiger partial charge in [0.15, 0.2) is 17.3 Å². The highest BCUT2D eigenvalue weighted by Crippen LogP contribution is 2.26. The van der Waals surface area contributed by atoms with Gasteiger partial charge in [-0.1, -0.05) is 0 Å². The molecule has 3 aromatic rings. The summed E-state index contributed by atoms with van der Waals surface area (Å²) >= 11 is 0. The molecular weight excluding hydrogens is 348 g/mol. The van der Waals surface area contributed by atoms with Gasteiger partial charge < -0.3 is 19.0 Å². The highest BCUT2D eigenvalue weighted by molar-refractivity contribution is 5.96. The van der Waals surface area contributed by atoms with E-state index in [1.54, 1.807) is 30.3 Å². The van der Waals surface area contributed by atoms with Crippen molar-refractivity contribution in [3.05, 3.63) is 53.8 Å². The number of rotatable bonds is 7. The van der Waals surface area contributed by atoms with Gasteiger partial charge >= 0.3 is 5.91 Å². The van der Waals surface area contributed by atoms with Crippen molar-refractivity contribution >= 4 is 23.1 Å². The van der Waals surface area contributed by atoms with Crippen molar-refractivity contribution in [2.24, 2.45) is 5.10 Å². The predicted octanol–water partition coefficient (Wildman–Crippen LogP) is 3.70. The van der Waals surface area contributed by atoms with Crippen LogP contribution in [0, 0.1) is 0 Å². The maximum absolute atomic E-state index is 12.2. The third-order valence-corrected chi connectivity index (χ3v) is 3.69. The van der Waals surface area contributed by atoms with Crippen molar-refractivity contribution in [2.75, 3.05) is 13.2 Å². The molecular formula is C20H20N2O5. The minimum Gasteiger partial charge on any atom is -0.504 e. The van der Waals surface area contributed by atoms with Crippen LogP contribution in [0.5, 0.6) is 17.2 Å². The van der Waals surface area contributed by atoms with E-state index in [2.05, 4.69) is 10.5 Å². The molecule has 1 heterocycles. The molecule has 140 valence electrons. The lowest BCUT2D eigenvalue weighted by atomic mass is 10.2. The standard InChI is InChI=1S/C20H20N2O5/c1-3-25-15-6-8-17-14(10-15)11-19(27-17)20(24)22-21-12-13-5-7-16(23)18(9-13)26-4-2/h5-12,23H,3-4H2,1-2H3,(H,22,24)/b21-12+. The molecule has 1 aromatic heterocycles. The van der Waals surface area contributed by atoms with Crippen LogP contribution >= 0.6 is 0 Å². The molecule has 0 aliphatic heterocycles. The Hall–Kier alpha value is -3.48. The van der Waals surface area contributed by atoms with Crippen LogP contribution in [-0.4, -0.2) is 30.4 Å². The van der Waals surface area contributed by atoms with Crippen LogP contribution < -0.4 is 14.9 Å². The highest BCUT2D eigenvalue weighted by Gasteiger charge is 2.12. The van der Waals surface area contributed by atoms with Gasteiger partial charge in [-0.25, -0.2) is 5.43 Å². The molecule has 0 radical (unpaired) electrons. The number of hydrogen-bond acceptors (Lipinski definition) is 6. The summed E-state index contributed by atoms with van der Waals surface area (Å²) in [7, 11) is 0. The average Bonchev–Trinajstić information content (AvgIpc) is 3.08. The zero-order valence-electron chi connectivity index (χ0n) is 15.1. The molecule has 27 heavy (non-hydrogen) atoms. The summed E-state index contributed by atoms with van der Waals surface area (Å²) in [5.41, 5.74) is 3.68. The monoisotopic (exact) mass is 368 g/mol. The molecule has 2 N–H and O–H groups in total. The molecule has 0 bridgehead atoms. The second-order valence-electron chi connectivity index (χ2n) is 5.60. The molecule has 7 heteroatoms. The van der Waals surface area contributed by atoms with Gasteiger partial charge in [0.2, 0.25) is 0 Å². The van der Waals surface area contributed by atoms with E-state index in [4.69, 9.17) is 13.9 Å². The van der Waals surface area contributed by atoms with E-state index < -0.39 is 5.91 Å². The fourth-order valence-corrected chi connectivity index (χ4v) is 2.49. The Morgan fingerprint density at radius 3 is 2.74 bits per heavy atom. The molecule has 7 nitrogen and oxygen atoms in total. The number of hydrazone groups is 1. The van der Waals surface area contributed by atoms with Crippen LogP contribution in [0.3, 0.4) is 0 Å². The molecule has 0 aliphatic rings. The van der Waals surface area contributed by atoms with Gasteiger partial charge in [-0.05, 0) is 61.9 Å². The molecule has 3 rings (SSSR count). The summed E-state index contributed by atoms with van der Waals surface area (Å²) in [6, 6.07) is 11.8. The van der Waals surface area contributed by atoms with E-state index in [1.165, 1.54) is 12.3 Å². The molecule has 0 saturated carbocycles. The van der Waals surface area contributed by atoms with Crippen LogP contribution in [0.25, 0.3) is 11.0 Å². The third-order valence-electron chi connectivity index (χ3n) is 3.69. The quantitative estimate of drug-likeness (QED) is 0.490. The molecule has 0 aliphatic carbocycles. The first-order chi connectivity index (χ1) is 13.1. The first kappa shape index (κ1) is 18.3. The van der Waals surface area contributed by atoms with Gasteiger partial charge in [0.1, 0.15) is 11.3 Å². The van der Waals surface area contributed by atoms with E-state index in [1.807, 2.05) is 19.9 Å². The Labute approximate surface area is 156 Å². The van der Waals surface area contributed by atoms with Crippen LogP contribution in [-0.2, 0) is 0 Å². The van der Waals surface area contributed by atoms with Crippen LogP contribution in [0.1, 0.15) is 30.0 Å². The number of hydrogen-bond donors (Lipinski definition) is 2. The second-order valence-corrected chi connectivity index (χ2v) is 5.60. The predicted molar refractivity (Wildman–Crippen MR) is 102 cm³/mol. The maximum Gasteiger partial charge on any atom is 0.307 e. The number of ether oxygens (including phenoxy) is 2. The van der Waals surface area contributed by atoms with Crippen molar-refractivity contribution in [2.45, 2.75) is 13.8 Å². The van der Waals surface area contributed by atoms with Crippen LogP contribution in [0.2, 0.25) is 0 Å². The summed E-state index contributed by atoms with van der Waals surface area (Å²) in [6.07, 6.45) is 1.45. The van der Waals surface area contributed by atoms with Crippen molar-refractivity contribution in [3.8, 4) is 17.2 Å². The lowest BCUT2D eigenvalue weighted by Crippen LogP contribution is -2.16. The van der Waals surface area contributed by atoms with Crippen LogP contribution in [0.4, 0.5) is 0 Å². The molecule has 0 unspecified atom stereocenters. The molecule has 2 aromatic carbocycles. The van der Waals surface area contributed by atoms with Crippen molar-refractivity contribution in [1.82, 2.24) is 5.43 Å². The van der Waals surface area contributed by atoms with E-state index >= 15 is 0 Å². The number of furan rings is 1. The lowest BCUT2D eigenvalue weighted by Gasteiger charge is -2.05. The van der Waals surface area contributed by atoms with Gasteiger partial charge in [0.25, 0.3) is 0 Å². The number of aromatic hydroxyl groups is 1. The number of carbonyl (C=O) groups is 1. The minimum atomic E-state index is -0.468. The fourth-order valence-electron chi connectivity index (χ4n) is 2.49. The van der Waals surface area contributed by atoms with E-state index in [0.29, 0.717) is 35.9 Å². The molecule has 1 amide bonds. The summed E-state index contributed by atoms with van der Waals surface area (Å²) in [5.74, 6) is 0.802. The van der Waals surface area contributed by atoms with Gasteiger partial charge in [-0.15, -0.1) is 0 Å². The zero-order valence-corrected chi connectivity index (χ0v) is 15.1. The largest absolute Gasteiger partial charge is 0.504 e. The van der Waals surface area contributed by atoms with Crippen molar-refractivity contribution in [3.63, 3.8) is 0 Å². The van der Waals surface area contributed by atoms with E-state index in [9.17, 15) is 9.90 Å². The summed E-state index contributed by atoms with van der Waals surface area (Å²) < 4.78 is 16.3. The molecule has 0 spiro atoms. The van der Waals surface area contributed by atoms with Gasteiger partial charge in [-0.3, -0.25) is 4.79 Å². The first-order valence-electron chi connectivity index (χ1n) is 8.56. The first-order valence-corrected chi connectivity index (χ1v) is 8.56. The number of phenolic OH excluding ortho intramolecular Hbond substituents is 1. The van der Waals surface area contributed by atoms with E-state index in [0.717, 1.165) is 5.39 Å². The summed E-state index contributed by atoms with van der Waals surface area (Å²) in [4.78, 5) is 12.2. The number of phenols is 1. The van der Waals surface area contributed by atoms with E-state index in [-0.39, 0.29) is 11.5 Å². The van der Waals surface area contributed by atoms with Crippen molar-refractivity contribution < 1.29 is 23.8 Å². The summed E-state index contributed by atoms with van der Waals surface area (Å²) in [6.45, 7) is 4.72. The van der Waals surface area contributed by atoms with Gasteiger partial charge in [-0.2, -0.15) is 5.10 Å². The SMILES string of the molecule is CCOc1ccc2oc(C(=O)N/N=C/c3ccc(O)c(OCC)c3)cc2c1. The number of carbonyl (C=O) groups excluding carboxylic acids is 1. The number of nitrogens with zero attached hydrogens (tertiary/aromatic N) is 1. The Bertz CT molecular complexity index is 978. The molecule has 0 fully saturated rings. The van der Waals surface area contributed by atoms with Crippen molar-refractivity contribution in [1.29, 1.82) is 0 Å². The average molecular weight is 368 g/mol. The second kappa shape index (κ2) is 8.27. The zero-order chi connectivity index (χ0) is 19.2. The maximum atomic E-state index is 12.2. The normalized spacial score (nSPS) is 11.0. The molecule has 0 atom stereocenters. The highest BCUT2D eigenvalue weighted by atomic mass is 16.5.